The Hall–Kier alpha value is -2.38. The molecule has 5 nitrogen and oxygen atoms in total. The van der Waals surface area contributed by atoms with Gasteiger partial charge in [0, 0.05) is 43.0 Å². The van der Waals surface area contributed by atoms with Gasteiger partial charge in [-0.25, -0.2) is 9.97 Å². The standard InChI is InChI=1S/C17H19F3N4O/c1-12-7-16(23-11-22-12)24-6-2-3-13(9-24)10-25-14-4-5-21-15(8-14)17(18,19)20/h4-5,7-8,11,13H,2-3,6,9-10H2,1H3. The van der Waals surface area contributed by atoms with Crippen molar-refractivity contribution in [3.63, 3.8) is 0 Å². The molecule has 0 bridgehead atoms. The van der Waals surface area contributed by atoms with Crippen LogP contribution in [0.3, 0.4) is 0 Å². The number of piperidine rings is 1. The first-order chi connectivity index (χ1) is 11.9. The van der Waals surface area contributed by atoms with E-state index in [4.69, 9.17) is 4.74 Å². The molecule has 3 heterocycles. The van der Waals surface area contributed by atoms with E-state index < -0.39 is 11.9 Å². The third-order valence-electron chi connectivity index (χ3n) is 4.14. The van der Waals surface area contributed by atoms with Gasteiger partial charge < -0.3 is 9.64 Å². The van der Waals surface area contributed by atoms with Crippen LogP contribution in [0.1, 0.15) is 24.2 Å². The minimum Gasteiger partial charge on any atom is -0.493 e. The minimum atomic E-state index is -4.47. The molecule has 1 unspecified atom stereocenters. The number of nitrogens with zero attached hydrogens (tertiary/aromatic N) is 4. The Balaban J connectivity index is 1.60. The fraction of sp³-hybridized carbons (Fsp3) is 0.471. The number of alkyl halides is 3. The first-order valence-electron chi connectivity index (χ1n) is 8.11. The summed E-state index contributed by atoms with van der Waals surface area (Å²) in [5, 5.41) is 0. The summed E-state index contributed by atoms with van der Waals surface area (Å²) in [6.45, 7) is 3.94. The zero-order valence-corrected chi connectivity index (χ0v) is 13.8. The van der Waals surface area contributed by atoms with Crippen LogP contribution in [0.2, 0.25) is 0 Å². The second-order valence-corrected chi connectivity index (χ2v) is 6.16. The van der Waals surface area contributed by atoms with Gasteiger partial charge in [-0.1, -0.05) is 0 Å². The topological polar surface area (TPSA) is 51.1 Å². The van der Waals surface area contributed by atoms with Gasteiger partial charge in [-0.3, -0.25) is 4.98 Å². The number of pyridine rings is 1. The van der Waals surface area contributed by atoms with Gasteiger partial charge in [-0.2, -0.15) is 13.2 Å². The molecule has 3 rings (SSSR count). The molecule has 0 aromatic carbocycles. The van der Waals surface area contributed by atoms with E-state index in [1.165, 1.54) is 6.07 Å². The van der Waals surface area contributed by atoms with Gasteiger partial charge in [0.25, 0.3) is 0 Å². The van der Waals surface area contributed by atoms with Crippen LogP contribution in [0.4, 0.5) is 19.0 Å². The van der Waals surface area contributed by atoms with Crippen LogP contribution in [0, 0.1) is 12.8 Å². The summed E-state index contributed by atoms with van der Waals surface area (Å²) in [6.07, 6.45) is 0.153. The Bertz CT molecular complexity index is 723. The van der Waals surface area contributed by atoms with E-state index in [2.05, 4.69) is 19.9 Å². The van der Waals surface area contributed by atoms with Crippen LogP contribution in [-0.4, -0.2) is 34.6 Å². The number of ether oxygens (including phenoxy) is 1. The number of hydrogen-bond donors (Lipinski definition) is 0. The zero-order chi connectivity index (χ0) is 17.9. The smallest absolute Gasteiger partial charge is 0.433 e. The number of aryl methyl sites for hydroxylation is 1. The summed E-state index contributed by atoms with van der Waals surface area (Å²) in [4.78, 5) is 13.9. The van der Waals surface area contributed by atoms with Crippen molar-refractivity contribution < 1.29 is 17.9 Å². The normalized spacial score (nSPS) is 18.2. The fourth-order valence-corrected chi connectivity index (χ4v) is 2.89. The van der Waals surface area contributed by atoms with Crippen molar-refractivity contribution in [1.29, 1.82) is 0 Å². The van der Waals surface area contributed by atoms with E-state index in [0.29, 0.717) is 6.61 Å². The van der Waals surface area contributed by atoms with Crippen molar-refractivity contribution in [3.8, 4) is 5.75 Å². The van der Waals surface area contributed by atoms with E-state index >= 15 is 0 Å². The number of halogens is 3. The van der Waals surface area contributed by atoms with Gasteiger partial charge >= 0.3 is 6.18 Å². The molecule has 1 saturated heterocycles. The van der Waals surface area contributed by atoms with Gasteiger partial charge in [0.1, 0.15) is 23.6 Å². The van der Waals surface area contributed by atoms with Crippen molar-refractivity contribution in [2.75, 3.05) is 24.6 Å². The highest BCUT2D eigenvalue weighted by Gasteiger charge is 2.32. The van der Waals surface area contributed by atoms with Crippen molar-refractivity contribution in [1.82, 2.24) is 15.0 Å². The largest absolute Gasteiger partial charge is 0.493 e. The Morgan fingerprint density at radius 1 is 1.24 bits per heavy atom. The van der Waals surface area contributed by atoms with Gasteiger partial charge in [0.15, 0.2) is 0 Å². The maximum atomic E-state index is 12.7. The van der Waals surface area contributed by atoms with Crippen molar-refractivity contribution in [2.24, 2.45) is 5.92 Å². The molecule has 0 N–H and O–H groups in total. The molecule has 1 aliphatic heterocycles. The molecule has 134 valence electrons. The molecule has 8 heteroatoms. The average Bonchev–Trinajstić information content (AvgIpc) is 2.60. The molecule has 0 amide bonds. The molecule has 0 aliphatic carbocycles. The van der Waals surface area contributed by atoms with Crippen molar-refractivity contribution in [2.45, 2.75) is 25.9 Å². The monoisotopic (exact) mass is 352 g/mol. The third kappa shape index (κ3) is 4.58. The fourth-order valence-electron chi connectivity index (χ4n) is 2.89. The third-order valence-corrected chi connectivity index (χ3v) is 4.14. The predicted octanol–water partition coefficient (Wildman–Crippen LogP) is 3.49. The highest BCUT2D eigenvalue weighted by Crippen LogP contribution is 2.30. The average molecular weight is 352 g/mol. The molecule has 2 aromatic rings. The molecule has 0 radical (unpaired) electrons. The maximum Gasteiger partial charge on any atom is 0.433 e. The number of rotatable bonds is 4. The molecular weight excluding hydrogens is 333 g/mol. The van der Waals surface area contributed by atoms with Crippen LogP contribution < -0.4 is 9.64 Å². The molecule has 0 spiro atoms. The highest BCUT2D eigenvalue weighted by molar-refractivity contribution is 5.39. The number of hydrogen-bond acceptors (Lipinski definition) is 5. The van der Waals surface area contributed by atoms with Gasteiger partial charge in [0.05, 0.1) is 6.61 Å². The first kappa shape index (κ1) is 17.4. The van der Waals surface area contributed by atoms with Crippen LogP contribution in [0.15, 0.2) is 30.7 Å². The molecular formula is C17H19F3N4O. The molecule has 1 atom stereocenters. The van der Waals surface area contributed by atoms with Crippen LogP contribution in [0.25, 0.3) is 0 Å². The Morgan fingerprint density at radius 2 is 2.08 bits per heavy atom. The highest BCUT2D eigenvalue weighted by atomic mass is 19.4. The van der Waals surface area contributed by atoms with E-state index in [0.717, 1.165) is 49.7 Å². The van der Waals surface area contributed by atoms with Gasteiger partial charge in [0.2, 0.25) is 0 Å². The van der Waals surface area contributed by atoms with Crippen LogP contribution in [0.5, 0.6) is 5.75 Å². The lowest BCUT2D eigenvalue weighted by atomic mass is 9.99. The molecule has 2 aromatic heterocycles. The van der Waals surface area contributed by atoms with E-state index in [1.54, 1.807) is 6.33 Å². The lowest BCUT2D eigenvalue weighted by Gasteiger charge is -2.33. The summed E-state index contributed by atoms with van der Waals surface area (Å²) in [7, 11) is 0. The number of anilines is 1. The molecule has 1 fully saturated rings. The summed E-state index contributed by atoms with van der Waals surface area (Å²) in [6, 6.07) is 4.32. The van der Waals surface area contributed by atoms with Crippen LogP contribution >= 0.6 is 0 Å². The second kappa shape index (κ2) is 7.25. The van der Waals surface area contributed by atoms with E-state index in [9.17, 15) is 13.2 Å². The van der Waals surface area contributed by atoms with Gasteiger partial charge in [-0.05, 0) is 25.8 Å². The minimum absolute atomic E-state index is 0.192. The Morgan fingerprint density at radius 3 is 2.84 bits per heavy atom. The lowest BCUT2D eigenvalue weighted by molar-refractivity contribution is -0.141. The number of aromatic nitrogens is 3. The SMILES string of the molecule is Cc1cc(N2CCCC(COc3ccnc(C(F)(F)F)c3)C2)ncn1. The van der Waals surface area contributed by atoms with E-state index in [1.807, 2.05) is 13.0 Å². The molecule has 1 aliphatic rings. The van der Waals surface area contributed by atoms with Crippen molar-refractivity contribution in [3.05, 3.63) is 42.1 Å². The van der Waals surface area contributed by atoms with Crippen molar-refractivity contribution >= 4 is 5.82 Å². The van der Waals surface area contributed by atoms with E-state index in [-0.39, 0.29) is 11.7 Å². The maximum absolute atomic E-state index is 12.7. The predicted molar refractivity (Wildman–Crippen MR) is 86.4 cm³/mol. The molecule has 0 saturated carbocycles. The van der Waals surface area contributed by atoms with Gasteiger partial charge in [-0.15, -0.1) is 0 Å². The Labute approximate surface area is 143 Å². The Kier molecular flexibility index (Phi) is 5.06. The summed E-state index contributed by atoms with van der Waals surface area (Å²) in [5.41, 5.74) is -0.0356. The van der Waals surface area contributed by atoms with Crippen LogP contribution in [-0.2, 0) is 6.18 Å². The zero-order valence-electron chi connectivity index (χ0n) is 13.8. The summed E-state index contributed by atoms with van der Waals surface area (Å²) < 4.78 is 43.7. The lowest BCUT2D eigenvalue weighted by Crippen LogP contribution is -2.38. The summed E-state index contributed by atoms with van der Waals surface area (Å²) in [5.74, 6) is 1.30. The molecule has 25 heavy (non-hydrogen) atoms. The quantitative estimate of drug-likeness (QED) is 0.843. The second-order valence-electron chi connectivity index (χ2n) is 6.16. The first-order valence-corrected chi connectivity index (χ1v) is 8.11. The summed E-state index contributed by atoms with van der Waals surface area (Å²) >= 11 is 0.